The summed E-state index contributed by atoms with van der Waals surface area (Å²) in [6.45, 7) is 3.80. The average Bonchev–Trinajstić information content (AvgIpc) is 3.17. The van der Waals surface area contributed by atoms with E-state index >= 15 is 0 Å². The summed E-state index contributed by atoms with van der Waals surface area (Å²) >= 11 is 6.07. The molecule has 1 spiro atoms. The summed E-state index contributed by atoms with van der Waals surface area (Å²) in [4.78, 5) is 26.2. The maximum Gasteiger partial charge on any atom is 0.242 e. The highest BCUT2D eigenvalue weighted by Gasteiger charge is 2.46. The number of benzene rings is 1. The number of pyridine rings is 1. The highest BCUT2D eigenvalue weighted by atomic mass is 35.5. The first-order valence-corrected chi connectivity index (χ1v) is 10.7. The van der Waals surface area contributed by atoms with Crippen LogP contribution in [0.15, 0.2) is 55.1 Å². The molecule has 0 radical (unpaired) electrons. The van der Waals surface area contributed by atoms with Crippen LogP contribution in [0.5, 0.6) is 0 Å². The SMILES string of the molecule is CN1CC2(C1)CN(C(=O)Cn1cnc(-c3ccc(Cl)cc3)c1-c1ccncc1)CCO2. The topological polar surface area (TPSA) is 63.5 Å². The van der Waals surface area contributed by atoms with Crippen molar-refractivity contribution in [1.82, 2.24) is 24.3 Å². The molecule has 31 heavy (non-hydrogen) atoms. The van der Waals surface area contributed by atoms with Gasteiger partial charge in [0.1, 0.15) is 12.1 Å². The molecule has 1 aromatic carbocycles. The molecule has 8 heteroatoms. The quantitative estimate of drug-likeness (QED) is 0.628. The highest BCUT2D eigenvalue weighted by Crippen LogP contribution is 2.32. The number of likely N-dealkylation sites (tertiary alicyclic amines) is 1. The van der Waals surface area contributed by atoms with Gasteiger partial charge in [0.15, 0.2) is 0 Å². The van der Waals surface area contributed by atoms with Crippen LogP contribution in [-0.2, 0) is 16.1 Å². The van der Waals surface area contributed by atoms with Crippen molar-refractivity contribution in [3.8, 4) is 22.5 Å². The molecule has 3 aromatic rings. The molecule has 0 aliphatic carbocycles. The van der Waals surface area contributed by atoms with Gasteiger partial charge in [-0.1, -0.05) is 23.7 Å². The van der Waals surface area contributed by atoms with Crippen molar-refractivity contribution < 1.29 is 9.53 Å². The van der Waals surface area contributed by atoms with Gasteiger partial charge >= 0.3 is 0 Å². The number of morpholine rings is 1. The first kappa shape index (κ1) is 20.2. The van der Waals surface area contributed by atoms with Gasteiger partial charge in [-0.2, -0.15) is 0 Å². The monoisotopic (exact) mass is 437 g/mol. The number of imidazole rings is 1. The molecule has 1 amide bonds. The summed E-state index contributed by atoms with van der Waals surface area (Å²) in [7, 11) is 2.07. The van der Waals surface area contributed by atoms with E-state index in [1.54, 1.807) is 18.7 Å². The molecule has 2 aliphatic heterocycles. The maximum atomic E-state index is 13.2. The second-order valence-electron chi connectivity index (χ2n) is 8.33. The third-order valence-corrected chi connectivity index (χ3v) is 6.18. The molecule has 0 atom stereocenters. The van der Waals surface area contributed by atoms with Gasteiger partial charge in [0.2, 0.25) is 5.91 Å². The Morgan fingerprint density at radius 3 is 2.55 bits per heavy atom. The molecule has 0 saturated carbocycles. The number of nitrogens with zero attached hydrogens (tertiary/aromatic N) is 5. The molecule has 5 rings (SSSR count). The van der Waals surface area contributed by atoms with Crippen LogP contribution in [-0.4, -0.2) is 75.7 Å². The van der Waals surface area contributed by atoms with E-state index in [0.717, 1.165) is 35.6 Å². The maximum absolute atomic E-state index is 13.2. The van der Waals surface area contributed by atoms with Crippen LogP contribution in [0.1, 0.15) is 0 Å². The van der Waals surface area contributed by atoms with Crippen molar-refractivity contribution in [2.45, 2.75) is 12.1 Å². The molecule has 0 N–H and O–H groups in total. The van der Waals surface area contributed by atoms with Crippen LogP contribution in [0.25, 0.3) is 22.5 Å². The molecule has 2 saturated heterocycles. The van der Waals surface area contributed by atoms with Crippen molar-refractivity contribution >= 4 is 17.5 Å². The number of carbonyl (C=O) groups is 1. The second-order valence-corrected chi connectivity index (χ2v) is 8.77. The minimum absolute atomic E-state index is 0.0765. The van der Waals surface area contributed by atoms with Gasteiger partial charge in [0, 0.05) is 48.2 Å². The minimum Gasteiger partial charge on any atom is -0.369 e. The van der Waals surface area contributed by atoms with Crippen molar-refractivity contribution in [3.05, 3.63) is 60.1 Å². The predicted molar refractivity (Wildman–Crippen MR) is 119 cm³/mol. The van der Waals surface area contributed by atoms with Gasteiger partial charge in [-0.05, 0) is 31.3 Å². The zero-order valence-corrected chi connectivity index (χ0v) is 18.1. The number of likely N-dealkylation sites (N-methyl/N-ethyl adjacent to an activating group) is 1. The first-order chi connectivity index (χ1) is 15.0. The smallest absolute Gasteiger partial charge is 0.242 e. The van der Waals surface area contributed by atoms with E-state index in [0.29, 0.717) is 24.7 Å². The molecule has 4 heterocycles. The lowest BCUT2D eigenvalue weighted by Crippen LogP contribution is -2.69. The summed E-state index contributed by atoms with van der Waals surface area (Å²) in [5.74, 6) is 0.0765. The predicted octanol–water partition coefficient (Wildman–Crippen LogP) is 2.81. The van der Waals surface area contributed by atoms with Crippen LogP contribution >= 0.6 is 11.6 Å². The number of aromatic nitrogens is 3. The lowest BCUT2D eigenvalue weighted by molar-refractivity contribution is -0.184. The first-order valence-electron chi connectivity index (χ1n) is 10.3. The Kier molecular flexibility index (Phi) is 5.25. The Morgan fingerprint density at radius 1 is 1.10 bits per heavy atom. The number of rotatable bonds is 4. The van der Waals surface area contributed by atoms with Gasteiger partial charge in [-0.25, -0.2) is 4.98 Å². The number of ether oxygens (including phenoxy) is 1. The van der Waals surface area contributed by atoms with Crippen molar-refractivity contribution in [2.75, 3.05) is 39.8 Å². The Morgan fingerprint density at radius 2 is 1.84 bits per heavy atom. The van der Waals surface area contributed by atoms with E-state index in [1.807, 2.05) is 45.9 Å². The van der Waals surface area contributed by atoms with Gasteiger partial charge in [0.25, 0.3) is 0 Å². The van der Waals surface area contributed by atoms with Crippen LogP contribution in [0.3, 0.4) is 0 Å². The number of hydrogen-bond acceptors (Lipinski definition) is 5. The summed E-state index contributed by atoms with van der Waals surface area (Å²) < 4.78 is 7.92. The number of amides is 1. The molecule has 2 aliphatic rings. The molecule has 2 aromatic heterocycles. The Labute approximate surface area is 186 Å². The molecule has 0 unspecified atom stereocenters. The average molecular weight is 438 g/mol. The number of halogens is 1. The van der Waals surface area contributed by atoms with E-state index in [4.69, 9.17) is 16.3 Å². The van der Waals surface area contributed by atoms with E-state index in [9.17, 15) is 4.79 Å². The normalized spacial score (nSPS) is 18.2. The Bertz CT molecular complexity index is 1070. The molecular weight excluding hydrogens is 414 g/mol. The Hall–Kier alpha value is -2.74. The second kappa shape index (κ2) is 8.07. The fourth-order valence-electron chi connectivity index (χ4n) is 4.57. The molecular formula is C23H24ClN5O2. The highest BCUT2D eigenvalue weighted by molar-refractivity contribution is 6.30. The van der Waals surface area contributed by atoms with Crippen LogP contribution < -0.4 is 0 Å². The minimum atomic E-state index is -0.208. The van der Waals surface area contributed by atoms with Crippen molar-refractivity contribution in [1.29, 1.82) is 0 Å². The molecule has 7 nitrogen and oxygen atoms in total. The zero-order chi connectivity index (χ0) is 21.4. The van der Waals surface area contributed by atoms with Gasteiger partial charge in [0.05, 0.1) is 30.9 Å². The van der Waals surface area contributed by atoms with Crippen LogP contribution in [0.2, 0.25) is 5.02 Å². The third kappa shape index (κ3) is 3.96. The zero-order valence-electron chi connectivity index (χ0n) is 17.4. The van der Waals surface area contributed by atoms with E-state index in [-0.39, 0.29) is 18.1 Å². The number of hydrogen-bond donors (Lipinski definition) is 0. The fraction of sp³-hybridized carbons (Fsp3) is 0.348. The van der Waals surface area contributed by atoms with Gasteiger partial charge < -0.3 is 19.1 Å². The molecule has 2 fully saturated rings. The Balaban J connectivity index is 1.44. The standard InChI is InChI=1S/C23H24ClN5O2/c1-27-13-23(14-27)15-28(10-11-31-23)20(30)12-29-16-26-21(17-2-4-19(24)5-3-17)22(29)18-6-8-25-9-7-18/h2-9,16H,10-15H2,1H3. The molecule has 160 valence electrons. The fourth-order valence-corrected chi connectivity index (χ4v) is 4.69. The lowest BCUT2D eigenvalue weighted by Gasteiger charge is -2.52. The van der Waals surface area contributed by atoms with Crippen molar-refractivity contribution in [3.63, 3.8) is 0 Å². The summed E-state index contributed by atoms with van der Waals surface area (Å²) in [5.41, 5.74) is 3.41. The number of carbonyl (C=O) groups excluding carboxylic acids is 1. The van der Waals surface area contributed by atoms with Crippen molar-refractivity contribution in [2.24, 2.45) is 0 Å². The van der Waals surface area contributed by atoms with Crippen LogP contribution in [0, 0.1) is 0 Å². The summed E-state index contributed by atoms with van der Waals surface area (Å²) in [6.07, 6.45) is 5.24. The van der Waals surface area contributed by atoms with E-state index in [1.165, 1.54) is 0 Å². The summed E-state index contributed by atoms with van der Waals surface area (Å²) in [6, 6.07) is 11.5. The molecule has 0 bridgehead atoms. The van der Waals surface area contributed by atoms with Gasteiger partial charge in [-0.3, -0.25) is 9.78 Å². The third-order valence-electron chi connectivity index (χ3n) is 5.93. The van der Waals surface area contributed by atoms with E-state index < -0.39 is 0 Å². The van der Waals surface area contributed by atoms with Crippen LogP contribution in [0.4, 0.5) is 0 Å². The van der Waals surface area contributed by atoms with Gasteiger partial charge in [-0.15, -0.1) is 0 Å². The lowest BCUT2D eigenvalue weighted by atomic mass is 9.92. The largest absolute Gasteiger partial charge is 0.369 e. The summed E-state index contributed by atoms with van der Waals surface area (Å²) in [5, 5.41) is 0.673. The van der Waals surface area contributed by atoms with E-state index in [2.05, 4.69) is 21.9 Å².